The second-order valence-corrected chi connectivity index (χ2v) is 3.95. The number of amides is 2. The van der Waals surface area contributed by atoms with E-state index >= 15 is 0 Å². The summed E-state index contributed by atoms with van der Waals surface area (Å²) in [5.41, 5.74) is 0.892. The van der Waals surface area contributed by atoms with Crippen molar-refractivity contribution in [1.82, 2.24) is 10.6 Å². The third kappa shape index (κ3) is 4.08. The molecule has 0 aromatic heterocycles. The van der Waals surface area contributed by atoms with E-state index in [0.29, 0.717) is 6.54 Å². The standard InChI is InChI=1S/C13H18N2O3/c1-9(15-10(2)16)13(17)14-8-11-6-4-5-7-12(11)18-3/h4-7,9H,8H2,1-3H3,(H,14,17)(H,15,16). The van der Waals surface area contributed by atoms with Crippen molar-refractivity contribution in [3.05, 3.63) is 29.8 Å². The number of rotatable bonds is 5. The highest BCUT2D eigenvalue weighted by Crippen LogP contribution is 2.16. The van der Waals surface area contributed by atoms with Gasteiger partial charge in [0, 0.05) is 19.0 Å². The molecule has 5 heteroatoms. The van der Waals surface area contributed by atoms with Gasteiger partial charge in [-0.05, 0) is 13.0 Å². The first-order valence-corrected chi connectivity index (χ1v) is 5.71. The van der Waals surface area contributed by atoms with Crippen LogP contribution in [0.2, 0.25) is 0 Å². The molecule has 0 bridgehead atoms. The summed E-state index contributed by atoms with van der Waals surface area (Å²) < 4.78 is 5.18. The fourth-order valence-corrected chi connectivity index (χ4v) is 1.55. The van der Waals surface area contributed by atoms with Crippen LogP contribution in [0.1, 0.15) is 19.4 Å². The van der Waals surface area contributed by atoms with Gasteiger partial charge < -0.3 is 15.4 Å². The van der Waals surface area contributed by atoms with Gasteiger partial charge in [0.05, 0.1) is 7.11 Å². The molecule has 1 rings (SSSR count). The summed E-state index contributed by atoms with van der Waals surface area (Å²) in [5.74, 6) is 0.274. The predicted octanol–water partition coefficient (Wildman–Crippen LogP) is 0.836. The molecule has 1 aromatic rings. The molecule has 1 unspecified atom stereocenters. The van der Waals surface area contributed by atoms with Crippen LogP contribution in [0.15, 0.2) is 24.3 Å². The summed E-state index contributed by atoms with van der Waals surface area (Å²) in [6.07, 6.45) is 0. The molecule has 2 N–H and O–H groups in total. The highest BCUT2D eigenvalue weighted by atomic mass is 16.5. The minimum atomic E-state index is -0.544. The Morgan fingerprint density at radius 1 is 1.33 bits per heavy atom. The quantitative estimate of drug-likeness (QED) is 0.813. The van der Waals surface area contributed by atoms with Crippen LogP contribution < -0.4 is 15.4 Å². The Kier molecular flexibility index (Phi) is 5.17. The smallest absolute Gasteiger partial charge is 0.242 e. The minimum Gasteiger partial charge on any atom is -0.496 e. The molecule has 18 heavy (non-hydrogen) atoms. The van der Waals surface area contributed by atoms with Gasteiger partial charge in [-0.2, -0.15) is 0 Å². The largest absolute Gasteiger partial charge is 0.496 e. The van der Waals surface area contributed by atoms with E-state index in [0.717, 1.165) is 11.3 Å². The zero-order valence-corrected chi connectivity index (χ0v) is 10.8. The number of nitrogens with one attached hydrogen (secondary N) is 2. The molecule has 0 fully saturated rings. The minimum absolute atomic E-state index is 0.226. The molecule has 0 saturated heterocycles. The number of methoxy groups -OCH3 is 1. The van der Waals surface area contributed by atoms with E-state index in [-0.39, 0.29) is 11.8 Å². The average Bonchev–Trinajstić information content (AvgIpc) is 2.35. The lowest BCUT2D eigenvalue weighted by Crippen LogP contribution is -2.43. The highest BCUT2D eigenvalue weighted by Gasteiger charge is 2.13. The molecule has 1 atom stereocenters. The van der Waals surface area contributed by atoms with Crippen LogP contribution in [0, 0.1) is 0 Å². The summed E-state index contributed by atoms with van der Waals surface area (Å²) in [6.45, 7) is 3.38. The van der Waals surface area contributed by atoms with Crippen molar-refractivity contribution in [3.63, 3.8) is 0 Å². The van der Waals surface area contributed by atoms with E-state index < -0.39 is 6.04 Å². The van der Waals surface area contributed by atoms with Crippen molar-refractivity contribution in [2.24, 2.45) is 0 Å². The highest BCUT2D eigenvalue weighted by molar-refractivity contribution is 5.86. The van der Waals surface area contributed by atoms with Crippen LogP contribution in [-0.4, -0.2) is 25.0 Å². The van der Waals surface area contributed by atoms with Gasteiger partial charge in [0.1, 0.15) is 11.8 Å². The zero-order chi connectivity index (χ0) is 13.5. The topological polar surface area (TPSA) is 67.4 Å². The molecule has 0 radical (unpaired) electrons. The van der Waals surface area contributed by atoms with E-state index in [1.54, 1.807) is 14.0 Å². The predicted molar refractivity (Wildman–Crippen MR) is 68.1 cm³/mol. The molecule has 0 heterocycles. The summed E-state index contributed by atoms with van der Waals surface area (Å²) in [5, 5.41) is 5.27. The first kappa shape index (κ1) is 14.0. The third-order valence-corrected chi connectivity index (χ3v) is 2.46. The Labute approximate surface area is 107 Å². The maximum Gasteiger partial charge on any atom is 0.242 e. The van der Waals surface area contributed by atoms with Crippen molar-refractivity contribution < 1.29 is 14.3 Å². The molecule has 5 nitrogen and oxygen atoms in total. The van der Waals surface area contributed by atoms with Crippen molar-refractivity contribution in [3.8, 4) is 5.75 Å². The van der Waals surface area contributed by atoms with Crippen LogP contribution in [0.5, 0.6) is 5.75 Å². The number of benzene rings is 1. The van der Waals surface area contributed by atoms with Gasteiger partial charge in [-0.1, -0.05) is 18.2 Å². The van der Waals surface area contributed by atoms with Gasteiger partial charge in [-0.25, -0.2) is 0 Å². The van der Waals surface area contributed by atoms with Gasteiger partial charge >= 0.3 is 0 Å². The SMILES string of the molecule is COc1ccccc1CNC(=O)C(C)NC(C)=O. The molecule has 0 aliphatic heterocycles. The van der Waals surface area contributed by atoms with Crippen molar-refractivity contribution in [2.45, 2.75) is 26.4 Å². The Hall–Kier alpha value is -2.04. The maximum atomic E-state index is 11.7. The van der Waals surface area contributed by atoms with Crippen molar-refractivity contribution in [1.29, 1.82) is 0 Å². The Morgan fingerprint density at radius 3 is 2.61 bits per heavy atom. The molecule has 2 amide bonds. The van der Waals surface area contributed by atoms with Crippen LogP contribution in [0.3, 0.4) is 0 Å². The fraction of sp³-hybridized carbons (Fsp3) is 0.385. The number of carbonyl (C=O) groups is 2. The lowest BCUT2D eigenvalue weighted by Gasteiger charge is -2.14. The first-order chi connectivity index (χ1) is 8.54. The molecular weight excluding hydrogens is 232 g/mol. The zero-order valence-electron chi connectivity index (χ0n) is 10.8. The first-order valence-electron chi connectivity index (χ1n) is 5.71. The molecule has 0 saturated carbocycles. The van der Waals surface area contributed by atoms with Crippen molar-refractivity contribution >= 4 is 11.8 Å². The van der Waals surface area contributed by atoms with Crippen LogP contribution in [0.25, 0.3) is 0 Å². The average molecular weight is 250 g/mol. The van der Waals surface area contributed by atoms with E-state index in [4.69, 9.17) is 4.74 Å². The number of hydrogen-bond donors (Lipinski definition) is 2. The van der Waals surface area contributed by atoms with Crippen LogP contribution >= 0.6 is 0 Å². The number of para-hydroxylation sites is 1. The van der Waals surface area contributed by atoms with Gasteiger partial charge in [0.15, 0.2) is 0 Å². The van der Waals surface area contributed by atoms with E-state index in [2.05, 4.69) is 10.6 Å². The maximum absolute atomic E-state index is 11.7. The lowest BCUT2D eigenvalue weighted by molar-refractivity contribution is -0.127. The fourth-order valence-electron chi connectivity index (χ4n) is 1.55. The number of ether oxygens (including phenoxy) is 1. The molecular formula is C13H18N2O3. The van der Waals surface area contributed by atoms with E-state index in [1.807, 2.05) is 24.3 Å². The lowest BCUT2D eigenvalue weighted by atomic mass is 10.2. The second-order valence-electron chi connectivity index (χ2n) is 3.95. The Balaban J connectivity index is 2.54. The summed E-state index contributed by atoms with van der Waals surface area (Å²) >= 11 is 0. The molecule has 98 valence electrons. The van der Waals surface area contributed by atoms with Crippen LogP contribution in [0.4, 0.5) is 0 Å². The molecule has 1 aromatic carbocycles. The Morgan fingerprint density at radius 2 is 2.00 bits per heavy atom. The summed E-state index contributed by atoms with van der Waals surface area (Å²) in [4.78, 5) is 22.5. The molecule has 0 aliphatic rings. The molecule has 0 aliphatic carbocycles. The van der Waals surface area contributed by atoms with E-state index in [1.165, 1.54) is 6.92 Å². The van der Waals surface area contributed by atoms with Gasteiger partial charge in [-0.3, -0.25) is 9.59 Å². The van der Waals surface area contributed by atoms with Gasteiger partial charge in [0.25, 0.3) is 0 Å². The summed E-state index contributed by atoms with van der Waals surface area (Å²) in [7, 11) is 1.58. The normalized spacial score (nSPS) is 11.5. The summed E-state index contributed by atoms with van der Waals surface area (Å²) in [6, 6.07) is 6.91. The van der Waals surface area contributed by atoms with Gasteiger partial charge in [-0.15, -0.1) is 0 Å². The van der Waals surface area contributed by atoms with Gasteiger partial charge in [0.2, 0.25) is 11.8 Å². The Bertz CT molecular complexity index is 432. The third-order valence-electron chi connectivity index (χ3n) is 2.46. The van der Waals surface area contributed by atoms with Crippen LogP contribution in [-0.2, 0) is 16.1 Å². The second kappa shape index (κ2) is 6.64. The molecule has 0 spiro atoms. The number of carbonyl (C=O) groups excluding carboxylic acids is 2. The monoisotopic (exact) mass is 250 g/mol. The van der Waals surface area contributed by atoms with Crippen molar-refractivity contribution in [2.75, 3.05) is 7.11 Å². The van der Waals surface area contributed by atoms with E-state index in [9.17, 15) is 9.59 Å². The number of hydrogen-bond acceptors (Lipinski definition) is 3.